The first kappa shape index (κ1) is 13.4. The summed E-state index contributed by atoms with van der Waals surface area (Å²) in [6, 6.07) is 6.14. The van der Waals surface area contributed by atoms with Gasteiger partial charge in [0.15, 0.2) is 4.77 Å². The van der Waals surface area contributed by atoms with Gasteiger partial charge in [0.2, 0.25) is 5.91 Å². The highest BCUT2D eigenvalue weighted by atomic mass is 32.1. The van der Waals surface area contributed by atoms with Gasteiger partial charge in [-0.1, -0.05) is 6.07 Å². The van der Waals surface area contributed by atoms with Gasteiger partial charge < -0.3 is 14.5 Å². The SMILES string of the molecule is Cc1ccc2[nH]c(=S)n(CC(=O)N3CCCCC3)c2c1. The number of piperidine rings is 1. The van der Waals surface area contributed by atoms with E-state index in [4.69, 9.17) is 12.2 Å². The van der Waals surface area contributed by atoms with Crippen LogP contribution in [0.3, 0.4) is 0 Å². The number of amides is 1. The van der Waals surface area contributed by atoms with Crippen LogP contribution in [0, 0.1) is 11.7 Å². The Hall–Kier alpha value is -1.62. The zero-order chi connectivity index (χ0) is 14.1. The maximum atomic E-state index is 12.4. The van der Waals surface area contributed by atoms with Gasteiger partial charge >= 0.3 is 0 Å². The number of nitrogens with one attached hydrogen (secondary N) is 1. The van der Waals surface area contributed by atoms with Crippen LogP contribution in [0.2, 0.25) is 0 Å². The number of aromatic nitrogens is 2. The molecule has 1 amide bonds. The zero-order valence-electron chi connectivity index (χ0n) is 11.7. The Bertz CT molecular complexity index is 695. The van der Waals surface area contributed by atoms with Crippen LogP contribution >= 0.6 is 12.2 Å². The topological polar surface area (TPSA) is 41.0 Å². The Kier molecular flexibility index (Phi) is 3.61. The summed E-state index contributed by atoms with van der Waals surface area (Å²) in [6.45, 7) is 4.15. The smallest absolute Gasteiger partial charge is 0.242 e. The molecule has 106 valence electrons. The van der Waals surface area contributed by atoms with Gasteiger partial charge in [-0.2, -0.15) is 0 Å². The molecule has 2 heterocycles. The van der Waals surface area contributed by atoms with E-state index in [9.17, 15) is 4.79 Å². The number of benzene rings is 1. The average Bonchev–Trinajstić information content (AvgIpc) is 2.76. The molecule has 20 heavy (non-hydrogen) atoms. The number of imidazole rings is 1. The molecule has 0 saturated carbocycles. The lowest BCUT2D eigenvalue weighted by atomic mass is 10.1. The normalized spacial score (nSPS) is 15.8. The highest BCUT2D eigenvalue weighted by Crippen LogP contribution is 2.17. The second-order valence-electron chi connectivity index (χ2n) is 5.48. The van der Waals surface area contributed by atoms with E-state index in [0.29, 0.717) is 11.3 Å². The minimum atomic E-state index is 0.170. The third-order valence-corrected chi connectivity index (χ3v) is 4.26. The third kappa shape index (κ3) is 2.50. The van der Waals surface area contributed by atoms with E-state index in [2.05, 4.69) is 11.1 Å². The van der Waals surface area contributed by atoms with E-state index >= 15 is 0 Å². The first-order chi connectivity index (χ1) is 9.65. The van der Waals surface area contributed by atoms with Crippen LogP contribution in [0.5, 0.6) is 0 Å². The molecule has 0 atom stereocenters. The molecule has 1 N–H and O–H groups in total. The first-order valence-corrected chi connectivity index (χ1v) is 7.53. The summed E-state index contributed by atoms with van der Waals surface area (Å²) in [6.07, 6.45) is 3.46. The van der Waals surface area contributed by atoms with Crippen molar-refractivity contribution in [2.24, 2.45) is 0 Å². The summed E-state index contributed by atoms with van der Waals surface area (Å²) in [5, 5.41) is 0. The molecule has 1 aromatic heterocycles. The molecule has 0 bridgehead atoms. The lowest BCUT2D eigenvalue weighted by Gasteiger charge is -2.26. The summed E-state index contributed by atoms with van der Waals surface area (Å²) in [7, 11) is 0. The molecular weight excluding hydrogens is 270 g/mol. The zero-order valence-corrected chi connectivity index (χ0v) is 12.5. The number of carbonyl (C=O) groups is 1. The highest BCUT2D eigenvalue weighted by Gasteiger charge is 2.18. The molecule has 0 radical (unpaired) electrons. The summed E-state index contributed by atoms with van der Waals surface area (Å²) < 4.78 is 2.53. The Morgan fingerprint density at radius 3 is 2.80 bits per heavy atom. The van der Waals surface area contributed by atoms with Crippen LogP contribution in [0.1, 0.15) is 24.8 Å². The lowest BCUT2D eigenvalue weighted by molar-refractivity contribution is -0.132. The average molecular weight is 289 g/mol. The number of H-pyrrole nitrogens is 1. The number of rotatable bonds is 2. The number of likely N-dealkylation sites (tertiary alicyclic amines) is 1. The van der Waals surface area contributed by atoms with Crippen molar-refractivity contribution in [3.63, 3.8) is 0 Å². The Labute approximate surface area is 123 Å². The van der Waals surface area contributed by atoms with Crippen molar-refractivity contribution in [2.45, 2.75) is 32.7 Å². The summed E-state index contributed by atoms with van der Waals surface area (Å²) in [5.74, 6) is 0.170. The van der Waals surface area contributed by atoms with Crippen LogP contribution in [0.15, 0.2) is 18.2 Å². The summed E-state index contributed by atoms with van der Waals surface area (Å²) >= 11 is 5.35. The second-order valence-corrected chi connectivity index (χ2v) is 5.87. The van der Waals surface area contributed by atoms with E-state index in [1.165, 1.54) is 12.0 Å². The van der Waals surface area contributed by atoms with E-state index < -0.39 is 0 Å². The third-order valence-electron chi connectivity index (χ3n) is 3.93. The lowest BCUT2D eigenvalue weighted by Crippen LogP contribution is -2.37. The van der Waals surface area contributed by atoms with Crippen molar-refractivity contribution in [3.8, 4) is 0 Å². The maximum absolute atomic E-state index is 12.4. The largest absolute Gasteiger partial charge is 0.341 e. The number of fused-ring (bicyclic) bond motifs is 1. The van der Waals surface area contributed by atoms with Crippen molar-refractivity contribution >= 4 is 29.2 Å². The molecule has 5 heteroatoms. The summed E-state index contributed by atoms with van der Waals surface area (Å²) in [4.78, 5) is 17.5. The van der Waals surface area contributed by atoms with Crippen molar-refractivity contribution < 1.29 is 4.79 Å². The van der Waals surface area contributed by atoms with Gasteiger partial charge in [-0.25, -0.2) is 0 Å². The molecule has 4 nitrogen and oxygen atoms in total. The molecule has 2 aromatic rings. The minimum Gasteiger partial charge on any atom is -0.341 e. The standard InChI is InChI=1S/C15H19N3OS/c1-11-5-6-12-13(9-11)18(15(20)16-12)10-14(19)17-7-3-2-4-8-17/h5-6,9H,2-4,7-8,10H2,1H3,(H,16,20). The molecule has 1 fully saturated rings. The van der Waals surface area contributed by atoms with E-state index in [1.54, 1.807) is 0 Å². The van der Waals surface area contributed by atoms with Crippen molar-refractivity contribution in [1.29, 1.82) is 0 Å². The van der Waals surface area contributed by atoms with E-state index in [0.717, 1.165) is 37.0 Å². The van der Waals surface area contributed by atoms with Gasteiger partial charge in [-0.05, 0) is 56.1 Å². The predicted molar refractivity (Wildman–Crippen MR) is 82.3 cm³/mol. The molecule has 3 rings (SSSR count). The van der Waals surface area contributed by atoms with Crippen molar-refractivity contribution in [1.82, 2.24) is 14.5 Å². The second kappa shape index (κ2) is 5.40. The first-order valence-electron chi connectivity index (χ1n) is 7.12. The van der Waals surface area contributed by atoms with E-state index in [-0.39, 0.29) is 5.91 Å². The van der Waals surface area contributed by atoms with Crippen LogP contribution in [-0.2, 0) is 11.3 Å². The number of hydrogen-bond donors (Lipinski definition) is 1. The predicted octanol–water partition coefficient (Wildman–Crippen LogP) is 3.02. The number of aryl methyl sites for hydroxylation is 1. The Morgan fingerprint density at radius 1 is 1.30 bits per heavy atom. The molecular formula is C15H19N3OS. The number of carbonyl (C=O) groups excluding carboxylic acids is 1. The van der Waals surface area contributed by atoms with Crippen LogP contribution < -0.4 is 0 Å². The highest BCUT2D eigenvalue weighted by molar-refractivity contribution is 7.71. The molecule has 0 spiro atoms. The summed E-state index contributed by atoms with van der Waals surface area (Å²) in [5.41, 5.74) is 3.18. The minimum absolute atomic E-state index is 0.170. The number of aromatic amines is 1. The molecule has 1 aromatic carbocycles. The maximum Gasteiger partial charge on any atom is 0.242 e. The van der Waals surface area contributed by atoms with Crippen LogP contribution in [0.4, 0.5) is 0 Å². The fraction of sp³-hybridized carbons (Fsp3) is 0.467. The fourth-order valence-electron chi connectivity index (χ4n) is 2.80. The quantitative estimate of drug-likeness (QED) is 0.863. The van der Waals surface area contributed by atoms with Gasteiger partial charge in [0.1, 0.15) is 6.54 Å². The monoisotopic (exact) mass is 289 g/mol. The van der Waals surface area contributed by atoms with Gasteiger partial charge in [0.05, 0.1) is 11.0 Å². The molecule has 1 saturated heterocycles. The fourth-order valence-corrected chi connectivity index (χ4v) is 3.07. The molecule has 1 aliphatic heterocycles. The number of hydrogen-bond acceptors (Lipinski definition) is 2. The van der Waals surface area contributed by atoms with Gasteiger partial charge in [0.25, 0.3) is 0 Å². The Morgan fingerprint density at radius 2 is 2.05 bits per heavy atom. The van der Waals surface area contributed by atoms with Gasteiger partial charge in [0, 0.05) is 13.1 Å². The van der Waals surface area contributed by atoms with Gasteiger partial charge in [-0.3, -0.25) is 4.79 Å². The van der Waals surface area contributed by atoms with Crippen molar-refractivity contribution in [2.75, 3.05) is 13.1 Å². The van der Waals surface area contributed by atoms with Crippen LogP contribution in [-0.4, -0.2) is 33.4 Å². The molecule has 0 aliphatic carbocycles. The van der Waals surface area contributed by atoms with Crippen LogP contribution in [0.25, 0.3) is 11.0 Å². The van der Waals surface area contributed by atoms with Gasteiger partial charge in [-0.15, -0.1) is 0 Å². The van der Waals surface area contributed by atoms with E-state index in [1.807, 2.05) is 28.5 Å². The molecule has 0 unspecified atom stereocenters. The number of nitrogens with zero attached hydrogens (tertiary/aromatic N) is 2. The van der Waals surface area contributed by atoms with Crippen molar-refractivity contribution in [3.05, 3.63) is 28.5 Å². The Balaban J connectivity index is 1.90. The molecule has 1 aliphatic rings.